The van der Waals surface area contributed by atoms with Crippen molar-refractivity contribution in [1.82, 2.24) is 9.47 Å². The molecule has 3 aromatic rings. The summed E-state index contributed by atoms with van der Waals surface area (Å²) in [4.78, 5) is 2.43. The Balaban J connectivity index is 1.75. The molecule has 1 atom stereocenters. The van der Waals surface area contributed by atoms with Crippen LogP contribution in [-0.4, -0.2) is 21.1 Å². The molecule has 0 fully saturated rings. The first-order chi connectivity index (χ1) is 12.2. The molecule has 0 bridgehead atoms. The monoisotopic (exact) mass is 352 g/mol. The van der Waals surface area contributed by atoms with E-state index >= 15 is 0 Å². The minimum Gasteiger partial charge on any atom is -0.508 e. The number of benzene rings is 2. The van der Waals surface area contributed by atoms with Crippen LogP contribution in [0.5, 0.6) is 5.75 Å². The van der Waals surface area contributed by atoms with Crippen molar-refractivity contribution in [2.24, 2.45) is 0 Å². The third-order valence-electron chi connectivity index (χ3n) is 4.88. The van der Waals surface area contributed by atoms with E-state index in [0.717, 1.165) is 25.1 Å². The highest BCUT2D eigenvalue weighted by Gasteiger charge is 2.27. The van der Waals surface area contributed by atoms with Crippen LogP contribution in [-0.2, 0) is 13.1 Å². The average molecular weight is 353 g/mol. The molecule has 0 saturated heterocycles. The van der Waals surface area contributed by atoms with E-state index in [4.69, 9.17) is 11.6 Å². The average Bonchev–Trinajstić information content (AvgIpc) is 3.00. The number of nitrogens with zero attached hydrogens (tertiary/aromatic N) is 2. The normalized spacial score (nSPS) is 17.9. The Bertz CT molecular complexity index is 859. The van der Waals surface area contributed by atoms with E-state index in [-0.39, 0.29) is 6.04 Å². The van der Waals surface area contributed by atoms with E-state index in [2.05, 4.69) is 52.1 Å². The fourth-order valence-electron chi connectivity index (χ4n) is 3.73. The third-order valence-corrected chi connectivity index (χ3v) is 5.12. The predicted molar refractivity (Wildman–Crippen MR) is 101 cm³/mol. The molecule has 0 saturated carbocycles. The van der Waals surface area contributed by atoms with Gasteiger partial charge in [0, 0.05) is 42.1 Å². The van der Waals surface area contributed by atoms with Gasteiger partial charge in [-0.05, 0) is 42.3 Å². The van der Waals surface area contributed by atoms with Gasteiger partial charge in [0.15, 0.2) is 0 Å². The lowest BCUT2D eigenvalue weighted by Crippen LogP contribution is -2.29. The second-order valence-electron chi connectivity index (χ2n) is 6.54. The van der Waals surface area contributed by atoms with Gasteiger partial charge in [-0.15, -0.1) is 0 Å². The first kappa shape index (κ1) is 16.2. The zero-order valence-corrected chi connectivity index (χ0v) is 14.7. The van der Waals surface area contributed by atoms with Gasteiger partial charge in [0.25, 0.3) is 0 Å². The van der Waals surface area contributed by atoms with E-state index in [0.29, 0.717) is 17.3 Å². The zero-order valence-electron chi connectivity index (χ0n) is 14.0. The second kappa shape index (κ2) is 6.95. The van der Waals surface area contributed by atoms with E-state index in [9.17, 15) is 5.11 Å². The third kappa shape index (κ3) is 3.30. The maximum absolute atomic E-state index is 10.3. The minimum atomic E-state index is 0.164. The molecule has 0 radical (unpaired) electrons. The van der Waals surface area contributed by atoms with Crippen LogP contribution >= 0.6 is 11.6 Å². The highest BCUT2D eigenvalue weighted by molar-refractivity contribution is 6.30. The summed E-state index contributed by atoms with van der Waals surface area (Å²) in [5.41, 5.74) is 3.43. The van der Waals surface area contributed by atoms with Crippen molar-refractivity contribution in [2.75, 3.05) is 6.54 Å². The number of aryl methyl sites for hydroxylation is 1. The first-order valence-electron chi connectivity index (χ1n) is 8.64. The maximum atomic E-state index is 10.3. The van der Waals surface area contributed by atoms with Crippen molar-refractivity contribution in [3.63, 3.8) is 0 Å². The van der Waals surface area contributed by atoms with Gasteiger partial charge in [0.1, 0.15) is 5.75 Å². The molecule has 4 rings (SSSR count). The number of aromatic nitrogens is 1. The standard InChI is InChI=1S/C21H21ClN2O/c22-18-9-10-20(25)17(14-18)15-24-13-5-12-23-11-4-8-19(23)21(24)16-6-2-1-3-7-16/h1-4,6-11,14,21,25H,5,12-13,15H2. The molecule has 1 aliphatic rings. The first-order valence-corrected chi connectivity index (χ1v) is 9.01. The highest BCUT2D eigenvalue weighted by Crippen LogP contribution is 2.34. The van der Waals surface area contributed by atoms with Gasteiger partial charge in [0.2, 0.25) is 0 Å². The second-order valence-corrected chi connectivity index (χ2v) is 6.97. The molecule has 2 aromatic carbocycles. The Hall–Kier alpha value is -2.23. The largest absolute Gasteiger partial charge is 0.508 e. The Morgan fingerprint density at radius 3 is 2.68 bits per heavy atom. The van der Waals surface area contributed by atoms with Gasteiger partial charge >= 0.3 is 0 Å². The summed E-state index contributed by atoms with van der Waals surface area (Å²) in [5.74, 6) is 0.302. The summed E-state index contributed by atoms with van der Waals surface area (Å²) >= 11 is 6.15. The Labute approximate surface area is 153 Å². The lowest BCUT2D eigenvalue weighted by molar-refractivity contribution is 0.218. The van der Waals surface area contributed by atoms with Crippen LogP contribution in [0.15, 0.2) is 66.9 Å². The van der Waals surface area contributed by atoms with Crippen molar-refractivity contribution >= 4 is 11.6 Å². The molecule has 1 unspecified atom stereocenters. The van der Waals surface area contributed by atoms with Crippen molar-refractivity contribution in [3.05, 3.63) is 88.7 Å². The summed E-state index contributed by atoms with van der Waals surface area (Å²) in [6.45, 7) is 2.65. The van der Waals surface area contributed by atoms with Crippen molar-refractivity contribution in [3.8, 4) is 5.75 Å². The van der Waals surface area contributed by atoms with Gasteiger partial charge in [0.05, 0.1) is 6.04 Å². The minimum absolute atomic E-state index is 0.164. The van der Waals surface area contributed by atoms with Gasteiger partial charge in [-0.3, -0.25) is 4.90 Å². The Morgan fingerprint density at radius 1 is 1.00 bits per heavy atom. The van der Waals surface area contributed by atoms with Crippen LogP contribution in [0.3, 0.4) is 0 Å². The number of aromatic hydroxyl groups is 1. The molecule has 25 heavy (non-hydrogen) atoms. The van der Waals surface area contributed by atoms with Crippen LogP contribution in [0.4, 0.5) is 0 Å². The van der Waals surface area contributed by atoms with E-state index in [1.807, 2.05) is 12.1 Å². The molecule has 2 heterocycles. The molecule has 1 aromatic heterocycles. The summed E-state index contributed by atoms with van der Waals surface area (Å²) in [7, 11) is 0. The fourth-order valence-corrected chi connectivity index (χ4v) is 3.92. The van der Waals surface area contributed by atoms with Crippen LogP contribution in [0.1, 0.15) is 29.3 Å². The van der Waals surface area contributed by atoms with Gasteiger partial charge in [-0.2, -0.15) is 0 Å². The molecular formula is C21H21ClN2O. The fraction of sp³-hybridized carbons (Fsp3) is 0.238. The molecule has 0 spiro atoms. The molecule has 3 nitrogen and oxygen atoms in total. The Morgan fingerprint density at radius 2 is 1.84 bits per heavy atom. The molecule has 0 amide bonds. The van der Waals surface area contributed by atoms with Crippen LogP contribution < -0.4 is 0 Å². The van der Waals surface area contributed by atoms with Crippen molar-refractivity contribution in [1.29, 1.82) is 0 Å². The van der Waals surface area contributed by atoms with Crippen molar-refractivity contribution < 1.29 is 5.11 Å². The molecule has 128 valence electrons. The number of rotatable bonds is 3. The number of hydrogen-bond acceptors (Lipinski definition) is 2. The number of phenols is 1. The maximum Gasteiger partial charge on any atom is 0.120 e. The van der Waals surface area contributed by atoms with E-state index < -0.39 is 0 Å². The predicted octanol–water partition coefficient (Wildman–Crippen LogP) is 4.84. The lowest BCUT2D eigenvalue weighted by atomic mass is 10.0. The Kier molecular flexibility index (Phi) is 4.51. The highest BCUT2D eigenvalue weighted by atomic mass is 35.5. The summed E-state index contributed by atoms with van der Waals surface area (Å²) in [6, 6.07) is 20.3. The van der Waals surface area contributed by atoms with E-state index in [1.54, 1.807) is 12.1 Å². The molecule has 4 heteroatoms. The number of halogens is 1. The van der Waals surface area contributed by atoms with Crippen LogP contribution in [0.25, 0.3) is 0 Å². The molecule has 1 N–H and O–H groups in total. The van der Waals surface area contributed by atoms with E-state index in [1.165, 1.54) is 11.3 Å². The molecule has 1 aliphatic heterocycles. The zero-order chi connectivity index (χ0) is 17.2. The lowest BCUT2D eigenvalue weighted by Gasteiger charge is -2.31. The molecular weight excluding hydrogens is 332 g/mol. The smallest absolute Gasteiger partial charge is 0.120 e. The van der Waals surface area contributed by atoms with Crippen molar-refractivity contribution in [2.45, 2.75) is 25.6 Å². The molecule has 0 aliphatic carbocycles. The van der Waals surface area contributed by atoms with Crippen LogP contribution in [0, 0.1) is 0 Å². The van der Waals surface area contributed by atoms with Gasteiger partial charge in [-0.1, -0.05) is 41.9 Å². The van der Waals surface area contributed by atoms with Crippen LogP contribution in [0.2, 0.25) is 5.02 Å². The van der Waals surface area contributed by atoms with Gasteiger partial charge < -0.3 is 9.67 Å². The summed E-state index contributed by atoms with van der Waals surface area (Å²) < 4.78 is 2.34. The SMILES string of the molecule is Oc1ccc(Cl)cc1CN1CCCn2cccc2C1c1ccccc1. The summed E-state index contributed by atoms with van der Waals surface area (Å²) in [5, 5.41) is 10.9. The number of fused-ring (bicyclic) bond motifs is 1. The quantitative estimate of drug-likeness (QED) is 0.730. The summed E-state index contributed by atoms with van der Waals surface area (Å²) in [6.07, 6.45) is 3.23. The number of hydrogen-bond donors (Lipinski definition) is 1. The topological polar surface area (TPSA) is 28.4 Å². The van der Waals surface area contributed by atoms with Gasteiger partial charge in [-0.25, -0.2) is 0 Å². The number of phenolic OH excluding ortho intramolecular Hbond substituents is 1.